The molecule has 0 fully saturated rings. The summed E-state index contributed by atoms with van der Waals surface area (Å²) in [5, 5.41) is 13.8. The molecule has 2 rings (SSSR count). The monoisotopic (exact) mass is 343 g/mol. The molecule has 114 valence electrons. The minimum absolute atomic E-state index is 0.0128. The number of nitrogens with zero attached hydrogens (tertiary/aromatic N) is 2. The molecule has 0 saturated carbocycles. The Balaban J connectivity index is 1.90. The Kier molecular flexibility index (Phi) is 5.05. The van der Waals surface area contributed by atoms with E-state index in [0.717, 1.165) is 24.0 Å². The zero-order valence-corrected chi connectivity index (χ0v) is 12.5. The van der Waals surface area contributed by atoms with Gasteiger partial charge in [-0.3, -0.25) is 4.79 Å². The van der Waals surface area contributed by atoms with Gasteiger partial charge in [0.15, 0.2) is 0 Å². The van der Waals surface area contributed by atoms with Crippen LogP contribution in [0.25, 0.3) is 0 Å². The molecule has 2 aromatic heterocycles. The van der Waals surface area contributed by atoms with E-state index in [1.165, 1.54) is 17.4 Å². The van der Waals surface area contributed by atoms with Crippen LogP contribution < -0.4 is 5.32 Å². The third kappa shape index (κ3) is 4.22. The predicted molar refractivity (Wildman–Crippen MR) is 77.6 cm³/mol. The fourth-order valence-corrected chi connectivity index (χ4v) is 2.83. The smallest absolute Gasteiger partial charge is 0.316 e. The van der Waals surface area contributed by atoms with E-state index in [1.807, 2.05) is 6.07 Å². The molecular formula is C13H8F3N3OS2. The lowest BCUT2D eigenvalue weighted by atomic mass is 10.3. The van der Waals surface area contributed by atoms with Gasteiger partial charge in [0.1, 0.15) is 11.1 Å². The van der Waals surface area contributed by atoms with Gasteiger partial charge in [-0.1, -0.05) is 11.8 Å². The van der Waals surface area contributed by atoms with Crippen molar-refractivity contribution in [2.24, 2.45) is 0 Å². The highest BCUT2D eigenvalue weighted by atomic mass is 32.2. The Morgan fingerprint density at radius 1 is 1.41 bits per heavy atom. The predicted octanol–water partition coefficient (Wildman–Crippen LogP) is 3.76. The van der Waals surface area contributed by atoms with E-state index in [2.05, 4.69) is 10.3 Å². The van der Waals surface area contributed by atoms with Gasteiger partial charge >= 0.3 is 6.18 Å². The number of rotatable bonds is 4. The molecule has 0 unspecified atom stereocenters. The van der Waals surface area contributed by atoms with Crippen LogP contribution >= 0.6 is 23.1 Å². The molecule has 2 aromatic rings. The zero-order valence-electron chi connectivity index (χ0n) is 10.8. The van der Waals surface area contributed by atoms with Crippen LogP contribution in [0.5, 0.6) is 0 Å². The molecule has 0 aromatic carbocycles. The second-order valence-corrected chi connectivity index (χ2v) is 5.91. The summed E-state index contributed by atoms with van der Waals surface area (Å²) >= 11 is 2.24. The molecule has 9 heteroatoms. The number of carbonyl (C=O) groups excluding carboxylic acids is 1. The van der Waals surface area contributed by atoms with Crippen LogP contribution in [-0.2, 0) is 11.0 Å². The van der Waals surface area contributed by atoms with E-state index >= 15 is 0 Å². The van der Waals surface area contributed by atoms with Crippen molar-refractivity contribution in [3.05, 3.63) is 40.9 Å². The van der Waals surface area contributed by atoms with E-state index < -0.39 is 11.7 Å². The number of nitriles is 1. The van der Waals surface area contributed by atoms with Crippen molar-refractivity contribution in [1.82, 2.24) is 4.98 Å². The summed E-state index contributed by atoms with van der Waals surface area (Å²) in [6, 6.07) is 5.67. The number of carbonyl (C=O) groups is 1. The summed E-state index contributed by atoms with van der Waals surface area (Å²) in [5.41, 5.74) is -0.463. The van der Waals surface area contributed by atoms with Crippen LogP contribution in [0.2, 0.25) is 0 Å². The molecule has 4 nitrogen and oxygen atoms in total. The van der Waals surface area contributed by atoms with E-state index in [0.29, 0.717) is 15.6 Å². The number of anilines is 1. The molecule has 0 saturated heterocycles. The van der Waals surface area contributed by atoms with Gasteiger partial charge in [0.25, 0.3) is 0 Å². The maximum Gasteiger partial charge on any atom is 0.417 e. The topological polar surface area (TPSA) is 65.8 Å². The highest BCUT2D eigenvalue weighted by molar-refractivity contribution is 7.99. The van der Waals surface area contributed by atoms with Gasteiger partial charge in [-0.05, 0) is 23.6 Å². The van der Waals surface area contributed by atoms with E-state index in [9.17, 15) is 18.0 Å². The van der Waals surface area contributed by atoms with E-state index in [1.54, 1.807) is 11.4 Å². The maximum absolute atomic E-state index is 12.4. The summed E-state index contributed by atoms with van der Waals surface area (Å²) in [6.07, 6.45) is -3.70. The van der Waals surface area contributed by atoms with Gasteiger partial charge in [0, 0.05) is 6.20 Å². The number of aromatic nitrogens is 1. The van der Waals surface area contributed by atoms with Crippen LogP contribution in [0.3, 0.4) is 0 Å². The van der Waals surface area contributed by atoms with Crippen molar-refractivity contribution in [1.29, 1.82) is 5.26 Å². The molecule has 1 amide bonds. The largest absolute Gasteiger partial charge is 0.417 e. The molecule has 0 aliphatic rings. The van der Waals surface area contributed by atoms with Crippen molar-refractivity contribution >= 4 is 34.0 Å². The van der Waals surface area contributed by atoms with Gasteiger partial charge in [0.2, 0.25) is 5.91 Å². The summed E-state index contributed by atoms with van der Waals surface area (Å²) in [6.45, 7) is 0. The summed E-state index contributed by atoms with van der Waals surface area (Å²) in [5.74, 6) is -0.369. The van der Waals surface area contributed by atoms with E-state index in [4.69, 9.17) is 5.26 Å². The summed E-state index contributed by atoms with van der Waals surface area (Å²) in [7, 11) is 0. The van der Waals surface area contributed by atoms with Crippen molar-refractivity contribution in [2.45, 2.75) is 11.2 Å². The highest BCUT2D eigenvalue weighted by Gasteiger charge is 2.30. The van der Waals surface area contributed by atoms with Gasteiger partial charge in [0.05, 0.1) is 21.9 Å². The molecule has 22 heavy (non-hydrogen) atoms. The Labute approximate surface area is 132 Å². The molecule has 0 spiro atoms. The van der Waals surface area contributed by atoms with Crippen molar-refractivity contribution in [3.8, 4) is 6.07 Å². The van der Waals surface area contributed by atoms with Gasteiger partial charge in [-0.15, -0.1) is 11.3 Å². The lowest BCUT2D eigenvalue weighted by Gasteiger charge is -2.06. The van der Waals surface area contributed by atoms with Crippen LogP contribution in [0.4, 0.5) is 18.2 Å². The SMILES string of the molecule is N#Cc1ccsc1NC(=O)CSc1ccc(C(F)(F)F)cn1. The molecule has 2 heterocycles. The Hall–Kier alpha value is -2.05. The van der Waals surface area contributed by atoms with E-state index in [-0.39, 0.29) is 11.7 Å². The molecular weight excluding hydrogens is 335 g/mol. The van der Waals surface area contributed by atoms with Crippen LogP contribution in [-0.4, -0.2) is 16.6 Å². The first-order valence-corrected chi connectivity index (χ1v) is 7.70. The van der Waals surface area contributed by atoms with Crippen LogP contribution in [0.15, 0.2) is 34.8 Å². The van der Waals surface area contributed by atoms with Crippen LogP contribution in [0.1, 0.15) is 11.1 Å². The normalized spacial score (nSPS) is 11.0. The van der Waals surface area contributed by atoms with Crippen molar-refractivity contribution < 1.29 is 18.0 Å². The Morgan fingerprint density at radius 3 is 2.77 bits per heavy atom. The van der Waals surface area contributed by atoms with Gasteiger partial charge in [-0.25, -0.2) is 4.98 Å². The number of halogens is 3. The molecule has 1 N–H and O–H groups in total. The van der Waals surface area contributed by atoms with Crippen LogP contribution in [0, 0.1) is 11.3 Å². The number of thioether (sulfide) groups is 1. The third-order valence-electron chi connectivity index (χ3n) is 2.45. The number of nitrogens with one attached hydrogen (secondary N) is 1. The molecule has 0 bridgehead atoms. The Morgan fingerprint density at radius 2 is 2.18 bits per heavy atom. The Bertz CT molecular complexity index is 705. The fraction of sp³-hybridized carbons (Fsp3) is 0.154. The average Bonchev–Trinajstić information content (AvgIpc) is 2.92. The lowest BCUT2D eigenvalue weighted by molar-refractivity contribution is -0.137. The summed E-state index contributed by atoms with van der Waals surface area (Å²) < 4.78 is 37.1. The molecule has 0 atom stereocenters. The summed E-state index contributed by atoms with van der Waals surface area (Å²) in [4.78, 5) is 15.4. The molecule has 0 aliphatic heterocycles. The lowest BCUT2D eigenvalue weighted by Crippen LogP contribution is -2.14. The average molecular weight is 343 g/mol. The number of pyridine rings is 1. The number of amides is 1. The molecule has 0 aliphatic carbocycles. The first kappa shape index (κ1) is 16.3. The maximum atomic E-state index is 12.4. The second kappa shape index (κ2) is 6.81. The van der Waals surface area contributed by atoms with Crippen molar-refractivity contribution in [3.63, 3.8) is 0 Å². The highest BCUT2D eigenvalue weighted by Crippen LogP contribution is 2.29. The number of thiophene rings is 1. The zero-order chi connectivity index (χ0) is 16.2. The first-order chi connectivity index (χ1) is 10.4. The minimum Gasteiger partial charge on any atom is -0.316 e. The molecule has 0 radical (unpaired) electrons. The van der Waals surface area contributed by atoms with Crippen molar-refractivity contribution in [2.75, 3.05) is 11.1 Å². The van der Waals surface area contributed by atoms with Gasteiger partial charge < -0.3 is 5.32 Å². The third-order valence-corrected chi connectivity index (χ3v) is 4.23. The number of hydrogen-bond acceptors (Lipinski definition) is 5. The number of alkyl halides is 3. The standard InChI is InChI=1S/C13H8F3N3OS2/c14-13(15,16)9-1-2-11(18-6-9)22-7-10(20)19-12-8(5-17)3-4-21-12/h1-4,6H,7H2,(H,19,20). The fourth-order valence-electron chi connectivity index (χ4n) is 1.43. The van der Waals surface area contributed by atoms with Gasteiger partial charge in [-0.2, -0.15) is 18.4 Å². The second-order valence-electron chi connectivity index (χ2n) is 3.99. The quantitative estimate of drug-likeness (QED) is 0.859. The number of hydrogen-bond donors (Lipinski definition) is 1. The minimum atomic E-state index is -4.43. The first-order valence-electron chi connectivity index (χ1n) is 5.83.